The Labute approximate surface area is 102 Å². The van der Waals surface area contributed by atoms with Gasteiger partial charge in [-0.05, 0) is 12.8 Å². The third-order valence-corrected chi connectivity index (χ3v) is 2.74. The number of nitrogens with one attached hydrogen (secondary N) is 1. The standard InChI is InChI=1S/C12H22N4O/c1-4-6-9(7-13)14-12(17)10-8-16(3)15-11(10)5-2/h8-9H,4-7,13H2,1-3H3,(H,14,17). The second kappa shape index (κ2) is 6.39. The Balaban J connectivity index is 2.74. The first kappa shape index (κ1) is 13.7. The fraction of sp³-hybridized carbons (Fsp3) is 0.667. The summed E-state index contributed by atoms with van der Waals surface area (Å²) in [6.45, 7) is 4.54. The molecule has 1 aromatic rings. The molecule has 1 unspecified atom stereocenters. The minimum atomic E-state index is -0.0705. The Kier molecular flexibility index (Phi) is 5.15. The Morgan fingerprint density at radius 3 is 2.82 bits per heavy atom. The summed E-state index contributed by atoms with van der Waals surface area (Å²) in [6.07, 6.45) is 4.43. The first-order valence-corrected chi connectivity index (χ1v) is 6.15. The molecule has 0 aliphatic rings. The van der Waals surface area contributed by atoms with E-state index < -0.39 is 0 Å². The van der Waals surface area contributed by atoms with Crippen LogP contribution in [0.15, 0.2) is 6.20 Å². The van der Waals surface area contributed by atoms with Gasteiger partial charge in [0.15, 0.2) is 0 Å². The van der Waals surface area contributed by atoms with Gasteiger partial charge in [0.1, 0.15) is 0 Å². The molecule has 17 heavy (non-hydrogen) atoms. The lowest BCUT2D eigenvalue weighted by Crippen LogP contribution is -2.40. The van der Waals surface area contributed by atoms with E-state index in [9.17, 15) is 4.79 Å². The van der Waals surface area contributed by atoms with Gasteiger partial charge in [-0.1, -0.05) is 20.3 Å². The van der Waals surface area contributed by atoms with Crippen molar-refractivity contribution in [1.82, 2.24) is 15.1 Å². The predicted molar refractivity (Wildman–Crippen MR) is 67.8 cm³/mol. The van der Waals surface area contributed by atoms with Crippen LogP contribution in [0.25, 0.3) is 0 Å². The van der Waals surface area contributed by atoms with Crippen molar-refractivity contribution in [3.63, 3.8) is 0 Å². The molecule has 0 saturated carbocycles. The molecule has 0 fully saturated rings. The van der Waals surface area contributed by atoms with Crippen molar-refractivity contribution in [3.05, 3.63) is 17.5 Å². The number of nitrogens with two attached hydrogens (primary N) is 1. The SMILES string of the molecule is CCCC(CN)NC(=O)c1cn(C)nc1CC. The second-order valence-electron chi connectivity index (χ2n) is 4.21. The van der Waals surface area contributed by atoms with E-state index in [2.05, 4.69) is 17.3 Å². The van der Waals surface area contributed by atoms with E-state index in [1.165, 1.54) is 0 Å². The monoisotopic (exact) mass is 238 g/mol. The van der Waals surface area contributed by atoms with Crippen LogP contribution in [0.1, 0.15) is 42.7 Å². The zero-order valence-corrected chi connectivity index (χ0v) is 10.9. The molecule has 0 aliphatic heterocycles. The van der Waals surface area contributed by atoms with Crippen LogP contribution in [-0.2, 0) is 13.5 Å². The number of aromatic nitrogens is 2. The van der Waals surface area contributed by atoms with Gasteiger partial charge in [0.2, 0.25) is 0 Å². The minimum absolute atomic E-state index is 0.0532. The first-order valence-electron chi connectivity index (χ1n) is 6.15. The minimum Gasteiger partial charge on any atom is -0.348 e. The Hall–Kier alpha value is -1.36. The van der Waals surface area contributed by atoms with Crippen molar-refractivity contribution < 1.29 is 4.79 Å². The number of aryl methyl sites for hydroxylation is 2. The van der Waals surface area contributed by atoms with Crippen LogP contribution in [0.3, 0.4) is 0 Å². The Bertz CT molecular complexity index is 373. The number of hydrogen-bond acceptors (Lipinski definition) is 3. The summed E-state index contributed by atoms with van der Waals surface area (Å²) in [7, 11) is 1.82. The van der Waals surface area contributed by atoms with Crippen LogP contribution in [0.5, 0.6) is 0 Å². The van der Waals surface area contributed by atoms with Crippen molar-refractivity contribution in [2.24, 2.45) is 12.8 Å². The molecule has 0 spiro atoms. The lowest BCUT2D eigenvalue weighted by molar-refractivity contribution is 0.0935. The van der Waals surface area contributed by atoms with Gasteiger partial charge < -0.3 is 11.1 Å². The molecule has 0 saturated heterocycles. The summed E-state index contributed by atoms with van der Waals surface area (Å²) in [5, 5.41) is 7.21. The van der Waals surface area contributed by atoms with Crippen LogP contribution < -0.4 is 11.1 Å². The summed E-state index contributed by atoms with van der Waals surface area (Å²) in [5.74, 6) is -0.0705. The average Bonchev–Trinajstić information content (AvgIpc) is 2.69. The van der Waals surface area contributed by atoms with Gasteiger partial charge in [-0.15, -0.1) is 0 Å². The van der Waals surface area contributed by atoms with Gasteiger partial charge in [0.05, 0.1) is 11.3 Å². The average molecular weight is 238 g/mol. The largest absolute Gasteiger partial charge is 0.348 e. The highest BCUT2D eigenvalue weighted by molar-refractivity contribution is 5.95. The Morgan fingerprint density at radius 1 is 1.59 bits per heavy atom. The summed E-state index contributed by atoms with van der Waals surface area (Å²) in [4.78, 5) is 12.1. The molecule has 96 valence electrons. The summed E-state index contributed by atoms with van der Waals surface area (Å²) < 4.78 is 1.67. The van der Waals surface area contributed by atoms with Crippen molar-refractivity contribution in [1.29, 1.82) is 0 Å². The van der Waals surface area contributed by atoms with Crippen molar-refractivity contribution in [2.45, 2.75) is 39.2 Å². The molecular formula is C12H22N4O. The van der Waals surface area contributed by atoms with E-state index >= 15 is 0 Å². The van der Waals surface area contributed by atoms with Gasteiger partial charge in [-0.25, -0.2) is 0 Å². The molecule has 1 heterocycles. The highest BCUT2D eigenvalue weighted by Crippen LogP contribution is 2.08. The fourth-order valence-corrected chi connectivity index (χ4v) is 1.85. The van der Waals surface area contributed by atoms with Crippen LogP contribution in [0, 0.1) is 0 Å². The highest BCUT2D eigenvalue weighted by atomic mass is 16.1. The molecule has 3 N–H and O–H groups in total. The summed E-state index contributed by atoms with van der Waals surface area (Å²) >= 11 is 0. The number of carbonyl (C=O) groups is 1. The van der Waals surface area contributed by atoms with Gasteiger partial charge in [-0.3, -0.25) is 9.48 Å². The van der Waals surface area contributed by atoms with Gasteiger partial charge in [-0.2, -0.15) is 5.10 Å². The van der Waals surface area contributed by atoms with Gasteiger partial charge >= 0.3 is 0 Å². The number of amides is 1. The molecule has 1 amide bonds. The number of nitrogens with zero attached hydrogens (tertiary/aromatic N) is 2. The smallest absolute Gasteiger partial charge is 0.255 e. The maximum Gasteiger partial charge on any atom is 0.255 e. The first-order chi connectivity index (χ1) is 8.12. The van der Waals surface area contributed by atoms with Crippen LogP contribution in [0.4, 0.5) is 0 Å². The predicted octanol–water partition coefficient (Wildman–Crippen LogP) is 0.840. The van der Waals surface area contributed by atoms with E-state index in [0.29, 0.717) is 12.1 Å². The van der Waals surface area contributed by atoms with E-state index in [1.54, 1.807) is 10.9 Å². The number of rotatable bonds is 6. The number of carbonyl (C=O) groups excluding carboxylic acids is 1. The fourth-order valence-electron chi connectivity index (χ4n) is 1.85. The van der Waals surface area contributed by atoms with Gasteiger partial charge in [0.25, 0.3) is 5.91 Å². The lowest BCUT2D eigenvalue weighted by Gasteiger charge is -2.15. The third-order valence-electron chi connectivity index (χ3n) is 2.74. The van der Waals surface area contributed by atoms with E-state index in [0.717, 1.165) is 25.0 Å². The second-order valence-corrected chi connectivity index (χ2v) is 4.21. The molecule has 5 nitrogen and oxygen atoms in total. The summed E-state index contributed by atoms with van der Waals surface area (Å²) in [5.41, 5.74) is 7.11. The quantitative estimate of drug-likeness (QED) is 0.771. The van der Waals surface area contributed by atoms with Crippen molar-refractivity contribution in [2.75, 3.05) is 6.54 Å². The number of hydrogen-bond donors (Lipinski definition) is 2. The topological polar surface area (TPSA) is 72.9 Å². The molecule has 1 aromatic heterocycles. The maximum atomic E-state index is 12.1. The Morgan fingerprint density at radius 2 is 2.29 bits per heavy atom. The molecule has 0 bridgehead atoms. The molecule has 1 atom stereocenters. The van der Waals surface area contributed by atoms with Crippen LogP contribution in [0.2, 0.25) is 0 Å². The van der Waals surface area contributed by atoms with Crippen molar-refractivity contribution >= 4 is 5.91 Å². The van der Waals surface area contributed by atoms with Crippen molar-refractivity contribution in [3.8, 4) is 0 Å². The maximum absolute atomic E-state index is 12.1. The van der Waals surface area contributed by atoms with Crippen LogP contribution >= 0.6 is 0 Å². The zero-order chi connectivity index (χ0) is 12.8. The molecule has 1 rings (SSSR count). The lowest BCUT2D eigenvalue weighted by atomic mass is 10.1. The molecular weight excluding hydrogens is 216 g/mol. The van der Waals surface area contributed by atoms with E-state index in [-0.39, 0.29) is 11.9 Å². The molecule has 5 heteroatoms. The molecule has 0 aromatic carbocycles. The summed E-state index contributed by atoms with van der Waals surface area (Å²) in [6, 6.07) is 0.0532. The molecule has 0 radical (unpaired) electrons. The zero-order valence-electron chi connectivity index (χ0n) is 10.9. The van der Waals surface area contributed by atoms with Crippen LogP contribution in [-0.4, -0.2) is 28.3 Å². The van der Waals surface area contributed by atoms with E-state index in [1.807, 2.05) is 14.0 Å². The third kappa shape index (κ3) is 3.56. The van der Waals surface area contributed by atoms with Gasteiger partial charge in [0, 0.05) is 25.8 Å². The highest BCUT2D eigenvalue weighted by Gasteiger charge is 2.17. The normalized spacial score (nSPS) is 12.5. The molecule has 0 aliphatic carbocycles. The van der Waals surface area contributed by atoms with E-state index in [4.69, 9.17) is 5.73 Å².